The van der Waals surface area contributed by atoms with Crippen LogP contribution in [0, 0.1) is 12.8 Å². The number of hydrogen-bond donors (Lipinski definition) is 1. The van der Waals surface area contributed by atoms with Gasteiger partial charge in [0.15, 0.2) is 0 Å². The zero-order chi connectivity index (χ0) is 11.2. The Bertz CT molecular complexity index is 474. The molecule has 0 aliphatic heterocycles. The molecule has 5 nitrogen and oxygen atoms in total. The Balaban J connectivity index is 2.39. The van der Waals surface area contributed by atoms with Gasteiger partial charge in [-0.05, 0) is 32.6 Å². The molecule has 0 aromatic carbocycles. The molecule has 1 unspecified atom stereocenters. The van der Waals surface area contributed by atoms with Gasteiger partial charge in [-0.2, -0.15) is 5.10 Å². The molecule has 15 heavy (non-hydrogen) atoms. The fourth-order valence-electron chi connectivity index (χ4n) is 1.88. The van der Waals surface area contributed by atoms with Crippen molar-refractivity contribution >= 4 is 10.0 Å². The lowest BCUT2D eigenvalue weighted by molar-refractivity contribution is 0.430. The van der Waals surface area contributed by atoms with Crippen LogP contribution in [0.2, 0.25) is 0 Å². The number of aromatic nitrogens is 2. The standard InChI is InChI=1S/C9H15N3O2S/c1-6(8-3-4-8)12-7(2)9(5-11-12)15(10,13)14/h5-6,8H,3-4H2,1-2H3,(H2,10,13,14). The van der Waals surface area contributed by atoms with Crippen LogP contribution in [-0.4, -0.2) is 18.2 Å². The van der Waals surface area contributed by atoms with Crippen molar-refractivity contribution in [3.8, 4) is 0 Å². The molecule has 1 aromatic rings. The van der Waals surface area contributed by atoms with Crippen LogP contribution in [-0.2, 0) is 10.0 Å². The van der Waals surface area contributed by atoms with Crippen molar-refractivity contribution in [2.45, 2.75) is 37.6 Å². The van der Waals surface area contributed by atoms with Gasteiger partial charge in [0.25, 0.3) is 0 Å². The summed E-state index contributed by atoms with van der Waals surface area (Å²) < 4.78 is 24.2. The third kappa shape index (κ3) is 1.91. The molecule has 0 spiro atoms. The Kier molecular flexibility index (Phi) is 2.35. The molecule has 0 radical (unpaired) electrons. The van der Waals surface area contributed by atoms with E-state index in [0.29, 0.717) is 11.6 Å². The number of primary sulfonamides is 1. The second-order valence-electron chi connectivity index (χ2n) is 4.16. The first-order valence-electron chi connectivity index (χ1n) is 4.98. The summed E-state index contributed by atoms with van der Waals surface area (Å²) in [5, 5.41) is 9.18. The van der Waals surface area contributed by atoms with Crippen LogP contribution in [0.15, 0.2) is 11.1 Å². The largest absolute Gasteiger partial charge is 0.265 e. The van der Waals surface area contributed by atoms with E-state index < -0.39 is 10.0 Å². The van der Waals surface area contributed by atoms with Gasteiger partial charge in [0.2, 0.25) is 10.0 Å². The van der Waals surface area contributed by atoms with Crippen molar-refractivity contribution in [2.75, 3.05) is 0 Å². The predicted octanol–water partition coefficient (Wildman–Crippen LogP) is 0.810. The van der Waals surface area contributed by atoms with Gasteiger partial charge < -0.3 is 0 Å². The summed E-state index contributed by atoms with van der Waals surface area (Å²) in [6.07, 6.45) is 3.74. The van der Waals surface area contributed by atoms with E-state index in [1.54, 1.807) is 11.6 Å². The van der Waals surface area contributed by atoms with E-state index in [1.807, 2.05) is 0 Å². The summed E-state index contributed by atoms with van der Waals surface area (Å²) in [6, 6.07) is 0.264. The normalized spacial score (nSPS) is 19.1. The van der Waals surface area contributed by atoms with E-state index in [1.165, 1.54) is 19.0 Å². The van der Waals surface area contributed by atoms with Crippen LogP contribution in [0.25, 0.3) is 0 Å². The maximum absolute atomic E-state index is 11.2. The van der Waals surface area contributed by atoms with Gasteiger partial charge in [0, 0.05) is 0 Å². The van der Waals surface area contributed by atoms with Gasteiger partial charge in [-0.25, -0.2) is 13.6 Å². The van der Waals surface area contributed by atoms with Crippen LogP contribution in [0.4, 0.5) is 0 Å². The fraction of sp³-hybridized carbons (Fsp3) is 0.667. The molecule has 1 saturated carbocycles. The molecule has 1 aromatic heterocycles. The van der Waals surface area contributed by atoms with E-state index in [0.717, 1.165) is 0 Å². The predicted molar refractivity (Wildman–Crippen MR) is 55.8 cm³/mol. The van der Waals surface area contributed by atoms with Gasteiger partial charge in [-0.1, -0.05) is 0 Å². The lowest BCUT2D eigenvalue weighted by Crippen LogP contribution is -2.15. The fourth-order valence-corrected chi connectivity index (χ4v) is 2.58. The lowest BCUT2D eigenvalue weighted by Gasteiger charge is -2.13. The van der Waals surface area contributed by atoms with E-state index in [-0.39, 0.29) is 10.9 Å². The Hall–Kier alpha value is -0.880. The van der Waals surface area contributed by atoms with E-state index in [9.17, 15) is 8.42 Å². The molecule has 0 saturated heterocycles. The number of nitrogens with two attached hydrogens (primary N) is 1. The number of sulfonamides is 1. The van der Waals surface area contributed by atoms with Gasteiger partial charge in [0.05, 0.1) is 17.9 Å². The first-order chi connectivity index (χ1) is 6.91. The highest BCUT2D eigenvalue weighted by molar-refractivity contribution is 7.89. The average Bonchev–Trinajstić information content (AvgIpc) is 2.87. The Morgan fingerprint density at radius 1 is 1.60 bits per heavy atom. The molecule has 84 valence electrons. The van der Waals surface area contributed by atoms with Crippen LogP contribution >= 0.6 is 0 Å². The second-order valence-corrected chi connectivity index (χ2v) is 5.69. The van der Waals surface area contributed by atoms with Crippen molar-refractivity contribution in [2.24, 2.45) is 11.1 Å². The molecule has 2 rings (SSSR count). The molecule has 0 amide bonds. The summed E-state index contributed by atoms with van der Waals surface area (Å²) in [7, 11) is -3.63. The number of rotatable bonds is 3. The zero-order valence-corrected chi connectivity index (χ0v) is 9.66. The maximum atomic E-state index is 11.2. The van der Waals surface area contributed by atoms with Crippen molar-refractivity contribution < 1.29 is 8.42 Å². The molecule has 1 aliphatic carbocycles. The monoisotopic (exact) mass is 229 g/mol. The van der Waals surface area contributed by atoms with E-state index in [2.05, 4.69) is 12.0 Å². The average molecular weight is 229 g/mol. The molecule has 1 heterocycles. The zero-order valence-electron chi connectivity index (χ0n) is 8.84. The lowest BCUT2D eigenvalue weighted by atomic mass is 10.2. The first-order valence-corrected chi connectivity index (χ1v) is 6.53. The summed E-state index contributed by atoms with van der Waals surface area (Å²) in [5.41, 5.74) is 0.636. The summed E-state index contributed by atoms with van der Waals surface area (Å²) in [6.45, 7) is 3.80. The van der Waals surface area contributed by atoms with Crippen molar-refractivity contribution in [3.63, 3.8) is 0 Å². The molecule has 1 atom stereocenters. The Morgan fingerprint density at radius 2 is 2.20 bits per heavy atom. The highest BCUT2D eigenvalue weighted by Crippen LogP contribution is 2.39. The Morgan fingerprint density at radius 3 is 2.60 bits per heavy atom. The summed E-state index contributed by atoms with van der Waals surface area (Å²) in [4.78, 5) is 0.134. The van der Waals surface area contributed by atoms with Crippen LogP contribution in [0.3, 0.4) is 0 Å². The second kappa shape index (κ2) is 3.31. The molecular formula is C9H15N3O2S. The number of hydrogen-bond acceptors (Lipinski definition) is 3. The molecule has 1 aliphatic rings. The third-order valence-electron chi connectivity index (χ3n) is 3.00. The molecule has 1 fully saturated rings. The van der Waals surface area contributed by atoms with E-state index in [4.69, 9.17) is 5.14 Å². The summed E-state index contributed by atoms with van der Waals surface area (Å²) in [5.74, 6) is 0.636. The SMILES string of the molecule is Cc1c(S(N)(=O)=O)cnn1C(C)C1CC1. The highest BCUT2D eigenvalue weighted by Gasteiger charge is 2.31. The molecular weight excluding hydrogens is 214 g/mol. The van der Waals surface area contributed by atoms with Crippen LogP contribution < -0.4 is 5.14 Å². The minimum atomic E-state index is -3.63. The summed E-state index contributed by atoms with van der Waals surface area (Å²) >= 11 is 0. The maximum Gasteiger partial charge on any atom is 0.241 e. The third-order valence-corrected chi connectivity index (χ3v) is 4.01. The smallest absolute Gasteiger partial charge is 0.241 e. The van der Waals surface area contributed by atoms with Gasteiger partial charge >= 0.3 is 0 Å². The van der Waals surface area contributed by atoms with Crippen LogP contribution in [0.5, 0.6) is 0 Å². The Labute approximate surface area is 89.3 Å². The van der Waals surface area contributed by atoms with Gasteiger partial charge in [0.1, 0.15) is 4.90 Å². The van der Waals surface area contributed by atoms with Crippen molar-refractivity contribution in [3.05, 3.63) is 11.9 Å². The number of nitrogens with zero attached hydrogens (tertiary/aromatic N) is 2. The minimum absolute atomic E-state index is 0.134. The quantitative estimate of drug-likeness (QED) is 0.833. The van der Waals surface area contributed by atoms with Crippen molar-refractivity contribution in [1.29, 1.82) is 0 Å². The molecule has 6 heteroatoms. The van der Waals surface area contributed by atoms with Crippen LogP contribution in [0.1, 0.15) is 31.5 Å². The van der Waals surface area contributed by atoms with Gasteiger partial charge in [-0.15, -0.1) is 0 Å². The minimum Gasteiger partial charge on any atom is -0.265 e. The van der Waals surface area contributed by atoms with Crippen molar-refractivity contribution in [1.82, 2.24) is 9.78 Å². The highest BCUT2D eigenvalue weighted by atomic mass is 32.2. The molecule has 0 bridgehead atoms. The molecule has 2 N–H and O–H groups in total. The topological polar surface area (TPSA) is 78.0 Å². The first kappa shape index (κ1) is 10.6. The van der Waals surface area contributed by atoms with E-state index >= 15 is 0 Å². The van der Waals surface area contributed by atoms with Gasteiger partial charge in [-0.3, -0.25) is 4.68 Å².